The molecule has 0 saturated heterocycles. The fraction of sp³-hybridized carbons (Fsp3) is 0.167. The predicted octanol–water partition coefficient (Wildman–Crippen LogP) is 2.19. The Bertz CT molecular complexity index is 698. The van der Waals surface area contributed by atoms with E-state index in [1.165, 1.54) is 11.1 Å². The normalized spacial score (nSPS) is 12.5. The number of amides is 1. The summed E-state index contributed by atoms with van der Waals surface area (Å²) >= 11 is 0. The van der Waals surface area contributed by atoms with Crippen LogP contribution in [-0.2, 0) is 13.1 Å². The zero-order valence-corrected chi connectivity index (χ0v) is 11.5. The number of carbonyl (C=O) groups is 1. The number of benzene rings is 2. The number of rotatable bonds is 1. The summed E-state index contributed by atoms with van der Waals surface area (Å²) < 4.78 is 0. The molecule has 0 atom stereocenters. The Balaban J connectivity index is 1.75. The summed E-state index contributed by atoms with van der Waals surface area (Å²) in [6.07, 6.45) is 0. The molecule has 0 radical (unpaired) electrons. The van der Waals surface area contributed by atoms with E-state index in [4.69, 9.17) is 5.11 Å². The Morgan fingerprint density at radius 3 is 2.24 bits per heavy atom. The van der Waals surface area contributed by atoms with Crippen molar-refractivity contribution in [3.05, 3.63) is 70.8 Å². The standard InChI is InChI=1S/C18H15NO2/c20-11-3-4-14-7-9-15(10-8-14)18(21)19-12-16-5-1-2-6-17(16)13-19/h1-2,5-10,20H,11-13H2. The van der Waals surface area contributed by atoms with Gasteiger partial charge in [-0.3, -0.25) is 4.79 Å². The topological polar surface area (TPSA) is 40.5 Å². The minimum absolute atomic E-state index is 0.0351. The molecule has 1 N–H and O–H groups in total. The Morgan fingerprint density at radius 1 is 1.05 bits per heavy atom. The average Bonchev–Trinajstić information content (AvgIpc) is 2.96. The third-order valence-electron chi connectivity index (χ3n) is 3.57. The maximum absolute atomic E-state index is 12.5. The van der Waals surface area contributed by atoms with E-state index in [9.17, 15) is 4.79 Å². The Hall–Kier alpha value is -2.57. The first kappa shape index (κ1) is 13.4. The van der Waals surface area contributed by atoms with Crippen LogP contribution in [0.4, 0.5) is 0 Å². The van der Waals surface area contributed by atoms with Crippen LogP contribution in [0.25, 0.3) is 0 Å². The SMILES string of the molecule is O=C(c1ccc(C#CCO)cc1)N1Cc2ccccc2C1. The smallest absolute Gasteiger partial charge is 0.254 e. The van der Waals surface area contributed by atoms with Crippen LogP contribution in [0.3, 0.4) is 0 Å². The summed E-state index contributed by atoms with van der Waals surface area (Å²) in [5.41, 5.74) is 3.90. The van der Waals surface area contributed by atoms with Crippen molar-refractivity contribution in [1.82, 2.24) is 4.90 Å². The molecule has 21 heavy (non-hydrogen) atoms. The van der Waals surface area contributed by atoms with Gasteiger partial charge in [0.05, 0.1) is 0 Å². The highest BCUT2D eigenvalue weighted by Gasteiger charge is 2.23. The molecule has 2 aromatic carbocycles. The van der Waals surface area contributed by atoms with Gasteiger partial charge in [0.15, 0.2) is 0 Å². The van der Waals surface area contributed by atoms with Crippen molar-refractivity contribution in [2.24, 2.45) is 0 Å². The van der Waals surface area contributed by atoms with Crippen LogP contribution in [0.1, 0.15) is 27.0 Å². The molecule has 0 spiro atoms. The second-order valence-corrected chi connectivity index (χ2v) is 4.97. The maximum Gasteiger partial charge on any atom is 0.254 e. The lowest BCUT2D eigenvalue weighted by Crippen LogP contribution is -2.25. The van der Waals surface area contributed by atoms with Crippen molar-refractivity contribution in [2.45, 2.75) is 13.1 Å². The number of nitrogens with zero attached hydrogens (tertiary/aromatic N) is 1. The first-order valence-corrected chi connectivity index (χ1v) is 6.84. The van der Waals surface area contributed by atoms with Gasteiger partial charge in [-0.25, -0.2) is 0 Å². The molecular formula is C18H15NO2. The number of aliphatic hydroxyl groups excluding tert-OH is 1. The lowest BCUT2D eigenvalue weighted by Gasteiger charge is -2.15. The summed E-state index contributed by atoms with van der Waals surface area (Å²) in [4.78, 5) is 14.3. The quantitative estimate of drug-likeness (QED) is 0.812. The zero-order chi connectivity index (χ0) is 14.7. The van der Waals surface area contributed by atoms with Crippen LogP contribution in [0.5, 0.6) is 0 Å². The molecule has 1 heterocycles. The van der Waals surface area contributed by atoms with Gasteiger partial charge >= 0.3 is 0 Å². The molecule has 0 aromatic heterocycles. The van der Waals surface area contributed by atoms with Crippen LogP contribution in [0.15, 0.2) is 48.5 Å². The lowest BCUT2D eigenvalue weighted by molar-refractivity contribution is 0.0751. The molecule has 0 unspecified atom stereocenters. The molecule has 104 valence electrons. The van der Waals surface area contributed by atoms with Crippen LogP contribution >= 0.6 is 0 Å². The third-order valence-corrected chi connectivity index (χ3v) is 3.57. The highest BCUT2D eigenvalue weighted by Crippen LogP contribution is 2.23. The molecule has 3 rings (SSSR count). The summed E-state index contributed by atoms with van der Waals surface area (Å²) in [5, 5.41) is 8.67. The van der Waals surface area contributed by atoms with Crippen LogP contribution < -0.4 is 0 Å². The molecule has 0 saturated carbocycles. The van der Waals surface area contributed by atoms with Crippen molar-refractivity contribution in [3.8, 4) is 11.8 Å². The van der Waals surface area contributed by atoms with Gasteiger partial charge < -0.3 is 10.0 Å². The Kier molecular flexibility index (Phi) is 3.72. The summed E-state index contributed by atoms with van der Waals surface area (Å²) in [5.74, 6) is 5.44. The van der Waals surface area contributed by atoms with Gasteiger partial charge in [0.2, 0.25) is 0 Å². The number of carbonyl (C=O) groups excluding carboxylic acids is 1. The second kappa shape index (κ2) is 5.82. The van der Waals surface area contributed by atoms with Gasteiger partial charge in [-0.15, -0.1) is 0 Å². The first-order chi connectivity index (χ1) is 10.3. The fourth-order valence-corrected chi connectivity index (χ4v) is 2.50. The lowest BCUT2D eigenvalue weighted by atomic mass is 10.1. The van der Waals surface area contributed by atoms with Crippen molar-refractivity contribution >= 4 is 5.91 Å². The summed E-state index contributed by atoms with van der Waals surface area (Å²) in [6.45, 7) is 1.18. The van der Waals surface area contributed by atoms with Gasteiger partial charge in [0, 0.05) is 24.2 Å². The van der Waals surface area contributed by atoms with Crippen molar-refractivity contribution in [3.63, 3.8) is 0 Å². The molecule has 1 aliphatic rings. The van der Waals surface area contributed by atoms with Gasteiger partial charge in [0.25, 0.3) is 5.91 Å². The summed E-state index contributed by atoms with van der Waals surface area (Å²) in [7, 11) is 0. The van der Waals surface area contributed by atoms with E-state index in [1.54, 1.807) is 24.3 Å². The second-order valence-electron chi connectivity index (χ2n) is 4.97. The average molecular weight is 277 g/mol. The molecule has 3 nitrogen and oxygen atoms in total. The van der Waals surface area contributed by atoms with Gasteiger partial charge in [-0.05, 0) is 35.4 Å². The molecule has 0 bridgehead atoms. The minimum atomic E-state index is -0.160. The largest absolute Gasteiger partial charge is 0.384 e. The number of hydrogen-bond donors (Lipinski definition) is 1. The van der Waals surface area contributed by atoms with E-state index >= 15 is 0 Å². The van der Waals surface area contributed by atoms with Crippen LogP contribution in [0, 0.1) is 11.8 Å². The van der Waals surface area contributed by atoms with E-state index in [0.717, 1.165) is 5.56 Å². The molecule has 0 fully saturated rings. The molecule has 2 aromatic rings. The highest BCUT2D eigenvalue weighted by atomic mass is 16.2. The monoisotopic (exact) mass is 277 g/mol. The van der Waals surface area contributed by atoms with Crippen molar-refractivity contribution in [2.75, 3.05) is 6.61 Å². The number of hydrogen-bond acceptors (Lipinski definition) is 2. The van der Waals surface area contributed by atoms with E-state index in [1.807, 2.05) is 17.0 Å². The molecule has 0 aliphatic carbocycles. The van der Waals surface area contributed by atoms with E-state index in [2.05, 4.69) is 24.0 Å². The highest BCUT2D eigenvalue weighted by molar-refractivity contribution is 5.94. The van der Waals surface area contributed by atoms with Gasteiger partial charge in [0.1, 0.15) is 6.61 Å². The molecule has 1 amide bonds. The predicted molar refractivity (Wildman–Crippen MR) is 80.4 cm³/mol. The summed E-state index contributed by atoms with van der Waals surface area (Å²) in [6, 6.07) is 15.3. The number of fused-ring (bicyclic) bond motifs is 1. The van der Waals surface area contributed by atoms with E-state index < -0.39 is 0 Å². The van der Waals surface area contributed by atoms with E-state index in [0.29, 0.717) is 18.7 Å². The third kappa shape index (κ3) is 2.81. The van der Waals surface area contributed by atoms with Crippen molar-refractivity contribution in [1.29, 1.82) is 0 Å². The molecule has 3 heteroatoms. The molecule has 1 aliphatic heterocycles. The Labute approximate surface area is 123 Å². The van der Waals surface area contributed by atoms with Gasteiger partial charge in [-0.1, -0.05) is 36.1 Å². The fourth-order valence-electron chi connectivity index (χ4n) is 2.50. The number of aliphatic hydroxyl groups is 1. The maximum atomic E-state index is 12.5. The van der Waals surface area contributed by atoms with Gasteiger partial charge in [-0.2, -0.15) is 0 Å². The Morgan fingerprint density at radius 2 is 1.67 bits per heavy atom. The molecular weight excluding hydrogens is 262 g/mol. The van der Waals surface area contributed by atoms with E-state index in [-0.39, 0.29) is 12.5 Å². The van der Waals surface area contributed by atoms with Crippen LogP contribution in [-0.4, -0.2) is 22.5 Å². The minimum Gasteiger partial charge on any atom is -0.384 e. The van der Waals surface area contributed by atoms with Crippen LogP contribution in [0.2, 0.25) is 0 Å². The van der Waals surface area contributed by atoms with Crippen molar-refractivity contribution < 1.29 is 9.90 Å². The first-order valence-electron chi connectivity index (χ1n) is 6.84. The zero-order valence-electron chi connectivity index (χ0n) is 11.5.